The molecule has 0 amide bonds. The van der Waals surface area contributed by atoms with Crippen LogP contribution in [0.3, 0.4) is 0 Å². The third-order valence-electron chi connectivity index (χ3n) is 4.00. The fourth-order valence-corrected chi connectivity index (χ4v) is 2.78. The van der Waals surface area contributed by atoms with E-state index in [2.05, 4.69) is 21.3 Å². The minimum atomic E-state index is 0.104. The first-order chi connectivity index (χ1) is 11.3. The number of furan rings is 1. The number of anilines is 1. The molecule has 0 spiro atoms. The maximum atomic E-state index is 9.18. The molecule has 3 rings (SSSR count). The van der Waals surface area contributed by atoms with Crippen molar-refractivity contribution in [3.05, 3.63) is 47.7 Å². The minimum Gasteiger partial charge on any atom is -0.465 e. The van der Waals surface area contributed by atoms with Gasteiger partial charge in [-0.25, -0.2) is 0 Å². The highest BCUT2D eigenvalue weighted by Crippen LogP contribution is 2.25. The van der Waals surface area contributed by atoms with Gasteiger partial charge >= 0.3 is 0 Å². The second kappa shape index (κ2) is 7.27. The molecule has 3 heterocycles. The molecule has 0 unspecified atom stereocenters. The van der Waals surface area contributed by atoms with Crippen LogP contribution >= 0.6 is 0 Å². The van der Waals surface area contributed by atoms with E-state index in [9.17, 15) is 5.26 Å². The normalized spacial score (nSPS) is 16.7. The molecule has 1 atom stereocenters. The first-order valence-corrected chi connectivity index (χ1v) is 7.74. The molecule has 2 aromatic rings. The molecular formula is C17H20N4O2. The molecule has 0 aromatic carbocycles. The van der Waals surface area contributed by atoms with Gasteiger partial charge in [-0.05, 0) is 25.1 Å². The lowest BCUT2D eigenvalue weighted by atomic mass is 10.1. The third kappa shape index (κ3) is 3.70. The number of aryl methyl sites for hydroxylation is 1. The molecular weight excluding hydrogens is 292 g/mol. The van der Waals surface area contributed by atoms with Crippen molar-refractivity contribution >= 4 is 5.69 Å². The Morgan fingerprint density at radius 1 is 1.35 bits per heavy atom. The number of pyridine rings is 1. The number of morpholine rings is 1. The molecule has 0 saturated carbocycles. The van der Waals surface area contributed by atoms with Crippen molar-refractivity contribution in [3.8, 4) is 6.07 Å². The van der Waals surface area contributed by atoms with Gasteiger partial charge in [-0.3, -0.25) is 9.88 Å². The molecule has 120 valence electrons. The van der Waals surface area contributed by atoms with E-state index in [0.29, 0.717) is 12.1 Å². The highest BCUT2D eigenvalue weighted by atomic mass is 16.5. The van der Waals surface area contributed by atoms with Crippen LogP contribution < -0.4 is 5.32 Å². The van der Waals surface area contributed by atoms with E-state index in [1.165, 1.54) is 0 Å². The molecule has 1 fully saturated rings. The molecule has 6 heteroatoms. The lowest BCUT2D eigenvalue weighted by Gasteiger charge is -2.33. The first kappa shape index (κ1) is 15.5. The number of hydrogen-bond donors (Lipinski definition) is 1. The molecule has 0 aliphatic carbocycles. The average Bonchev–Trinajstić information content (AvgIpc) is 3.02. The molecule has 0 radical (unpaired) electrons. The van der Waals surface area contributed by atoms with Crippen molar-refractivity contribution in [2.75, 3.05) is 38.2 Å². The molecule has 1 aliphatic heterocycles. The largest absolute Gasteiger partial charge is 0.465 e. The standard InChI is InChI=1S/C17H20N4O2/c1-13-2-3-17(23-13)16(21-6-8-22-9-7-21)12-20-15-4-5-19-11-14(15)10-18/h2-5,11,16H,6-9,12H2,1H3,(H,19,20)/t16-/m1/s1. The predicted octanol–water partition coefficient (Wildman–Crippen LogP) is 2.34. The Balaban J connectivity index is 1.77. The van der Waals surface area contributed by atoms with Crippen LogP contribution in [0.1, 0.15) is 23.1 Å². The van der Waals surface area contributed by atoms with Crippen LogP contribution in [-0.2, 0) is 4.74 Å². The molecule has 6 nitrogen and oxygen atoms in total. The van der Waals surface area contributed by atoms with Crippen molar-refractivity contribution < 1.29 is 9.15 Å². The second-order valence-corrected chi connectivity index (χ2v) is 5.53. The first-order valence-electron chi connectivity index (χ1n) is 7.74. The van der Waals surface area contributed by atoms with Gasteiger partial charge in [0, 0.05) is 32.0 Å². The Bertz CT molecular complexity index is 686. The summed E-state index contributed by atoms with van der Waals surface area (Å²) in [6, 6.07) is 8.09. The fraction of sp³-hybridized carbons (Fsp3) is 0.412. The van der Waals surface area contributed by atoms with Crippen molar-refractivity contribution in [1.29, 1.82) is 5.26 Å². The zero-order chi connectivity index (χ0) is 16.1. The Kier molecular flexibility index (Phi) is 4.91. The van der Waals surface area contributed by atoms with E-state index in [1.54, 1.807) is 12.4 Å². The van der Waals surface area contributed by atoms with Gasteiger partial charge in [0.2, 0.25) is 0 Å². The van der Waals surface area contributed by atoms with Crippen molar-refractivity contribution in [3.63, 3.8) is 0 Å². The summed E-state index contributed by atoms with van der Waals surface area (Å²) in [5, 5.41) is 12.5. The van der Waals surface area contributed by atoms with Crippen LogP contribution in [0.2, 0.25) is 0 Å². The van der Waals surface area contributed by atoms with E-state index >= 15 is 0 Å². The van der Waals surface area contributed by atoms with Crippen LogP contribution in [0.5, 0.6) is 0 Å². The molecule has 0 bridgehead atoms. The fourth-order valence-electron chi connectivity index (χ4n) is 2.78. The molecule has 2 aromatic heterocycles. The number of aromatic nitrogens is 1. The summed E-state index contributed by atoms with van der Waals surface area (Å²) in [6.07, 6.45) is 3.26. The van der Waals surface area contributed by atoms with Crippen molar-refractivity contribution in [2.45, 2.75) is 13.0 Å². The number of nitrogens with one attached hydrogen (secondary N) is 1. The highest BCUT2D eigenvalue weighted by Gasteiger charge is 2.25. The lowest BCUT2D eigenvalue weighted by molar-refractivity contribution is 0.0143. The van der Waals surface area contributed by atoms with Gasteiger partial charge in [0.25, 0.3) is 0 Å². The lowest BCUT2D eigenvalue weighted by Crippen LogP contribution is -2.41. The zero-order valence-corrected chi connectivity index (χ0v) is 13.2. The Labute approximate surface area is 135 Å². The van der Waals surface area contributed by atoms with Crippen LogP contribution in [0, 0.1) is 18.3 Å². The zero-order valence-electron chi connectivity index (χ0n) is 13.2. The van der Waals surface area contributed by atoms with Crippen LogP contribution in [0.4, 0.5) is 5.69 Å². The molecule has 23 heavy (non-hydrogen) atoms. The highest BCUT2D eigenvalue weighted by molar-refractivity contribution is 5.55. The topological polar surface area (TPSA) is 74.3 Å². The number of rotatable bonds is 5. The minimum absolute atomic E-state index is 0.104. The van der Waals surface area contributed by atoms with Gasteiger partial charge in [-0.1, -0.05) is 0 Å². The quantitative estimate of drug-likeness (QED) is 0.913. The number of ether oxygens (including phenoxy) is 1. The average molecular weight is 312 g/mol. The Morgan fingerprint density at radius 2 is 2.17 bits per heavy atom. The molecule has 1 saturated heterocycles. The SMILES string of the molecule is Cc1ccc([C@@H](CNc2ccncc2C#N)N2CCOCC2)o1. The Morgan fingerprint density at radius 3 is 2.87 bits per heavy atom. The van der Waals surface area contributed by atoms with E-state index in [-0.39, 0.29) is 6.04 Å². The number of hydrogen-bond acceptors (Lipinski definition) is 6. The van der Waals surface area contributed by atoms with E-state index < -0.39 is 0 Å². The molecule has 1 N–H and O–H groups in total. The number of nitrogens with zero attached hydrogens (tertiary/aromatic N) is 3. The summed E-state index contributed by atoms with van der Waals surface area (Å²) in [6.45, 7) is 5.81. The maximum Gasteiger partial charge on any atom is 0.123 e. The second-order valence-electron chi connectivity index (χ2n) is 5.53. The number of nitriles is 1. The van der Waals surface area contributed by atoms with Crippen LogP contribution in [0.15, 0.2) is 35.0 Å². The molecule has 1 aliphatic rings. The van der Waals surface area contributed by atoms with E-state index in [1.807, 2.05) is 25.1 Å². The maximum absolute atomic E-state index is 9.18. The smallest absolute Gasteiger partial charge is 0.123 e. The summed E-state index contributed by atoms with van der Waals surface area (Å²) in [4.78, 5) is 6.34. The van der Waals surface area contributed by atoms with Crippen LogP contribution in [0.25, 0.3) is 0 Å². The van der Waals surface area contributed by atoms with Crippen molar-refractivity contribution in [1.82, 2.24) is 9.88 Å². The predicted molar refractivity (Wildman–Crippen MR) is 86.0 cm³/mol. The van der Waals surface area contributed by atoms with Crippen LogP contribution in [-0.4, -0.2) is 42.7 Å². The van der Waals surface area contributed by atoms with E-state index in [0.717, 1.165) is 43.5 Å². The third-order valence-corrected chi connectivity index (χ3v) is 4.00. The summed E-state index contributed by atoms with van der Waals surface area (Å²) in [5.41, 5.74) is 1.34. The van der Waals surface area contributed by atoms with E-state index in [4.69, 9.17) is 9.15 Å². The van der Waals surface area contributed by atoms with Gasteiger partial charge < -0.3 is 14.5 Å². The van der Waals surface area contributed by atoms with Crippen molar-refractivity contribution in [2.24, 2.45) is 0 Å². The van der Waals surface area contributed by atoms with Gasteiger partial charge in [0.15, 0.2) is 0 Å². The monoisotopic (exact) mass is 312 g/mol. The Hall–Kier alpha value is -2.36. The summed E-state index contributed by atoms with van der Waals surface area (Å²) < 4.78 is 11.3. The summed E-state index contributed by atoms with van der Waals surface area (Å²) in [5.74, 6) is 1.84. The summed E-state index contributed by atoms with van der Waals surface area (Å²) in [7, 11) is 0. The van der Waals surface area contributed by atoms with Gasteiger partial charge in [-0.2, -0.15) is 5.26 Å². The summed E-state index contributed by atoms with van der Waals surface area (Å²) >= 11 is 0. The van der Waals surface area contributed by atoms with Gasteiger partial charge in [0.1, 0.15) is 17.6 Å². The van der Waals surface area contributed by atoms with Gasteiger partial charge in [0.05, 0.1) is 30.5 Å². The van der Waals surface area contributed by atoms with Gasteiger partial charge in [-0.15, -0.1) is 0 Å².